The predicted octanol–water partition coefficient (Wildman–Crippen LogP) is 6.83. The Morgan fingerprint density at radius 1 is 0.942 bits per heavy atom. The van der Waals surface area contributed by atoms with Gasteiger partial charge in [0.25, 0.3) is 5.69 Å². The first-order valence-electron chi connectivity index (χ1n) is 16.7. The number of hydrogen-bond acceptors (Lipinski definition) is 5. The van der Waals surface area contributed by atoms with Gasteiger partial charge in [-0.15, -0.1) is 0 Å². The van der Waals surface area contributed by atoms with E-state index in [-0.39, 0.29) is 24.4 Å². The predicted molar refractivity (Wildman–Crippen MR) is 193 cm³/mol. The molecule has 7 rings (SSSR count). The first-order valence-corrected chi connectivity index (χ1v) is 16.7. The second-order valence-corrected chi connectivity index (χ2v) is 12.4. The van der Waals surface area contributed by atoms with E-state index in [4.69, 9.17) is 4.74 Å². The van der Waals surface area contributed by atoms with Crippen LogP contribution in [0.25, 0.3) is 16.4 Å². The van der Waals surface area contributed by atoms with Crippen molar-refractivity contribution in [3.8, 4) is 0 Å². The number of esters is 1. The van der Waals surface area contributed by atoms with Crippen molar-refractivity contribution in [1.82, 2.24) is 4.57 Å². The summed E-state index contributed by atoms with van der Waals surface area (Å²) in [6, 6.07) is 34.7. The Kier molecular flexibility index (Phi) is 9.02. The van der Waals surface area contributed by atoms with E-state index in [1.807, 2.05) is 95.4 Å². The van der Waals surface area contributed by atoms with Gasteiger partial charge in [-0.2, -0.15) is 0 Å². The molecule has 1 aliphatic heterocycles. The van der Waals surface area contributed by atoms with Crippen molar-refractivity contribution in [1.29, 1.82) is 0 Å². The third-order valence-electron chi connectivity index (χ3n) is 9.46. The van der Waals surface area contributed by atoms with Gasteiger partial charge in [-0.1, -0.05) is 72.8 Å². The van der Waals surface area contributed by atoms with Gasteiger partial charge >= 0.3 is 5.97 Å². The largest absolute Gasteiger partial charge is 0.763 e. The van der Waals surface area contributed by atoms with Crippen molar-refractivity contribution in [3.63, 3.8) is 0 Å². The minimum absolute atomic E-state index is 0.0506. The summed E-state index contributed by atoms with van der Waals surface area (Å²) in [6.07, 6.45) is 1.80. The number of hydrogen-bond donors (Lipinski definition) is 0. The normalized spacial score (nSPS) is 15.6. The number of nitrogens with zero attached hydrogens (tertiary/aromatic N) is 5. The molecule has 6 aromatic rings. The average molecular weight is 694 g/mol. The van der Waals surface area contributed by atoms with Crippen LogP contribution in [0.15, 0.2) is 139 Å². The van der Waals surface area contributed by atoms with Crippen LogP contribution in [-0.2, 0) is 32.8 Å². The van der Waals surface area contributed by atoms with E-state index in [0.717, 1.165) is 16.6 Å². The number of halogens is 1. The topological polar surface area (TPSA) is 121 Å². The number of imidazole rings is 1. The lowest BCUT2D eigenvalue weighted by Crippen LogP contribution is -2.50. The summed E-state index contributed by atoms with van der Waals surface area (Å²) in [5.41, 5.74) is 0.984. The molecule has 0 spiro atoms. The Bertz CT molecular complexity index is 2370. The molecule has 0 radical (unpaired) electrons. The van der Waals surface area contributed by atoms with Gasteiger partial charge in [0.1, 0.15) is 18.4 Å². The Balaban J connectivity index is 1.59. The van der Waals surface area contributed by atoms with E-state index in [1.165, 1.54) is 47.4 Å². The molecule has 0 saturated heterocycles. The fourth-order valence-electron chi connectivity index (χ4n) is 7.27. The lowest BCUT2D eigenvalue weighted by molar-refractivity contribution is -0.663. The Morgan fingerprint density at radius 3 is 2.25 bits per heavy atom. The van der Waals surface area contributed by atoms with Crippen LogP contribution in [0.1, 0.15) is 35.2 Å². The third-order valence-corrected chi connectivity index (χ3v) is 9.46. The number of amides is 1. The van der Waals surface area contributed by atoms with Crippen LogP contribution in [0.4, 0.5) is 15.8 Å². The second kappa shape index (κ2) is 13.9. The van der Waals surface area contributed by atoms with Crippen LogP contribution in [-0.4, -0.2) is 33.8 Å². The molecule has 0 bridgehead atoms. The number of nitro benzene ring substituents is 1. The summed E-state index contributed by atoms with van der Waals surface area (Å²) in [5, 5.41) is 22.7. The molecule has 2 unspecified atom stereocenters. The van der Waals surface area contributed by atoms with Crippen LogP contribution in [0.2, 0.25) is 0 Å². The molecule has 0 saturated carbocycles. The molecule has 52 heavy (non-hydrogen) atoms. The van der Waals surface area contributed by atoms with E-state index in [0.29, 0.717) is 23.3 Å². The van der Waals surface area contributed by atoms with Crippen molar-refractivity contribution < 1.29 is 28.2 Å². The highest BCUT2D eigenvalue weighted by atomic mass is 19.1. The highest BCUT2D eigenvalue weighted by Crippen LogP contribution is 2.55. The molecule has 1 amide bonds. The SMILES string of the molecule is CCOC(=O)C(=C=[N-])C1(C(c2ccc([N+](=O)[O-])cc2)n2c[n+](Cc3ccccc3)c3ccccc32)C(=O)N(Cc2ccccc2)c2ccc(F)cc21. The van der Waals surface area contributed by atoms with E-state index in [2.05, 4.69) is 0 Å². The lowest BCUT2D eigenvalue weighted by Gasteiger charge is -2.36. The maximum atomic E-state index is 15.6. The fourth-order valence-corrected chi connectivity index (χ4v) is 7.27. The third kappa shape index (κ3) is 5.73. The molecule has 2 atom stereocenters. The summed E-state index contributed by atoms with van der Waals surface area (Å²) in [6.45, 7) is 1.98. The maximum absolute atomic E-state index is 15.6. The summed E-state index contributed by atoms with van der Waals surface area (Å²) in [4.78, 5) is 42.4. The zero-order chi connectivity index (χ0) is 36.4. The van der Waals surface area contributed by atoms with Gasteiger partial charge in [0.2, 0.25) is 12.2 Å². The maximum Gasteiger partial charge on any atom is 0.341 e. The monoisotopic (exact) mass is 693 g/mol. The van der Waals surface area contributed by atoms with Crippen molar-refractivity contribution in [2.24, 2.45) is 0 Å². The standard InChI is InChI=1S/C41H32FN5O5/c1-2-52-39(48)34(24-43)41(33-23-31(42)19-22-35(33)45(40(41)49)26-29-13-7-4-8-14-29)38(30-17-20-32(21-18-30)47(50)51)46-27-44(25-28-11-5-3-6-12-28)36-15-9-10-16-37(36)46/h3-23,27,38H,2,25-26H2,1H3. The van der Waals surface area contributed by atoms with Gasteiger partial charge in [-0.25, -0.2) is 18.3 Å². The highest BCUT2D eigenvalue weighted by Gasteiger charge is 2.63. The van der Waals surface area contributed by atoms with Crippen molar-refractivity contribution in [2.75, 3.05) is 11.5 Å². The van der Waals surface area contributed by atoms with Gasteiger partial charge < -0.3 is 15.0 Å². The molecule has 1 aromatic heterocycles. The van der Waals surface area contributed by atoms with Crippen LogP contribution >= 0.6 is 0 Å². The van der Waals surface area contributed by atoms with Crippen molar-refractivity contribution in [2.45, 2.75) is 31.5 Å². The van der Waals surface area contributed by atoms with Gasteiger partial charge in [0.15, 0.2) is 16.4 Å². The van der Waals surface area contributed by atoms with E-state index in [1.54, 1.807) is 17.8 Å². The highest BCUT2D eigenvalue weighted by molar-refractivity contribution is 6.19. The number of carbonyl (C=O) groups excluding carboxylic acids is 2. The van der Waals surface area contributed by atoms with Gasteiger partial charge in [0.05, 0.1) is 23.6 Å². The smallest absolute Gasteiger partial charge is 0.341 e. The Hall–Kier alpha value is -6.71. The van der Waals surface area contributed by atoms with Crippen molar-refractivity contribution in [3.05, 3.63) is 183 Å². The quantitative estimate of drug-likeness (QED) is 0.0368. The first kappa shape index (κ1) is 33.8. The van der Waals surface area contributed by atoms with Gasteiger partial charge in [-0.05, 0) is 66.1 Å². The van der Waals surface area contributed by atoms with Crippen LogP contribution < -0.4 is 9.47 Å². The van der Waals surface area contributed by atoms with Crippen molar-refractivity contribution >= 4 is 40.2 Å². The summed E-state index contributed by atoms with van der Waals surface area (Å²) < 4.78 is 24.8. The molecular formula is C41H32FN5O5. The number of ether oxygens (including phenoxy) is 1. The number of para-hydroxylation sites is 2. The minimum atomic E-state index is -2.20. The molecule has 5 aromatic carbocycles. The Labute approximate surface area is 298 Å². The second-order valence-electron chi connectivity index (χ2n) is 12.4. The van der Waals surface area contributed by atoms with Gasteiger partial charge in [0, 0.05) is 23.4 Å². The number of carbonyl (C=O) groups is 2. The Morgan fingerprint density at radius 2 is 1.60 bits per heavy atom. The van der Waals surface area contributed by atoms with E-state index in [9.17, 15) is 20.3 Å². The zero-order valence-corrected chi connectivity index (χ0v) is 28.1. The summed E-state index contributed by atoms with van der Waals surface area (Å²) in [7, 11) is 0. The minimum Gasteiger partial charge on any atom is -0.763 e. The summed E-state index contributed by atoms with van der Waals surface area (Å²) in [5.74, 6) is -0.337. The average Bonchev–Trinajstić information content (AvgIpc) is 3.62. The zero-order valence-electron chi connectivity index (χ0n) is 28.1. The lowest BCUT2D eigenvalue weighted by atomic mass is 9.67. The number of rotatable bonds is 11. The number of nitro groups is 1. The number of benzene rings is 5. The molecule has 0 aliphatic carbocycles. The molecule has 0 N–H and O–H groups in total. The number of fused-ring (bicyclic) bond motifs is 2. The van der Waals surface area contributed by atoms with Crippen LogP contribution in [0.5, 0.6) is 0 Å². The molecule has 258 valence electrons. The van der Waals surface area contributed by atoms with Crippen LogP contribution in [0, 0.1) is 15.9 Å². The number of aromatic nitrogens is 2. The molecular weight excluding hydrogens is 661 g/mol. The molecule has 1 aliphatic rings. The van der Waals surface area contributed by atoms with E-state index < -0.39 is 39.6 Å². The first-order chi connectivity index (χ1) is 25.3. The molecule has 11 heteroatoms. The summed E-state index contributed by atoms with van der Waals surface area (Å²) >= 11 is 0. The van der Waals surface area contributed by atoms with Gasteiger partial charge in [-0.3, -0.25) is 20.8 Å². The van der Waals surface area contributed by atoms with Crippen LogP contribution in [0.3, 0.4) is 0 Å². The number of anilines is 1. The molecule has 2 heterocycles. The molecule has 10 nitrogen and oxygen atoms in total. The molecule has 0 fully saturated rings. The van der Waals surface area contributed by atoms with E-state index >= 15 is 9.18 Å². The number of non-ortho nitro benzene ring substituents is 1. The fraction of sp³-hybridized carbons (Fsp3) is 0.146.